The lowest BCUT2D eigenvalue weighted by Gasteiger charge is -2.34. The molecule has 0 radical (unpaired) electrons. The summed E-state index contributed by atoms with van der Waals surface area (Å²) in [5.41, 5.74) is 0. The molecule has 1 atom stereocenters. The summed E-state index contributed by atoms with van der Waals surface area (Å²) in [7, 11) is 1.89. The van der Waals surface area contributed by atoms with E-state index in [0.29, 0.717) is 4.08 Å². The van der Waals surface area contributed by atoms with Gasteiger partial charge in [0.15, 0.2) is 0 Å². The highest BCUT2D eigenvalue weighted by atomic mass is 32.2. The van der Waals surface area contributed by atoms with E-state index < -0.39 is 0 Å². The van der Waals surface area contributed by atoms with E-state index >= 15 is 0 Å². The highest BCUT2D eigenvalue weighted by molar-refractivity contribution is 8.42. The van der Waals surface area contributed by atoms with Crippen LogP contribution < -0.4 is 0 Å². The molecular weight excluding hydrogens is 230 g/mol. The molecule has 1 aliphatic rings. The molecule has 80 valence electrons. The fourth-order valence-corrected chi connectivity index (χ4v) is 5.20. The molecule has 0 aromatic carbocycles. The van der Waals surface area contributed by atoms with Crippen molar-refractivity contribution in [3.05, 3.63) is 12.2 Å². The van der Waals surface area contributed by atoms with Crippen LogP contribution in [-0.4, -0.2) is 27.0 Å². The molecule has 1 rings (SSSR count). The molecule has 4 heteroatoms. The smallest absolute Gasteiger partial charge is 0.125 e. The largest absolute Gasteiger partial charge is 0.275 e. The van der Waals surface area contributed by atoms with E-state index in [4.69, 9.17) is 0 Å². The average Bonchev–Trinajstić information content (AvgIpc) is 2.13. The van der Waals surface area contributed by atoms with Crippen molar-refractivity contribution in [2.24, 2.45) is 4.99 Å². The van der Waals surface area contributed by atoms with Gasteiger partial charge in [-0.25, -0.2) is 0 Å². The minimum absolute atomic E-state index is 0.297. The summed E-state index contributed by atoms with van der Waals surface area (Å²) in [4.78, 5) is 4.32. The van der Waals surface area contributed by atoms with E-state index in [1.165, 1.54) is 16.5 Å². The Balaban J connectivity index is 2.51. The maximum atomic E-state index is 4.32. The van der Waals surface area contributed by atoms with E-state index in [-0.39, 0.29) is 0 Å². The van der Waals surface area contributed by atoms with Gasteiger partial charge in [-0.3, -0.25) is 4.99 Å². The molecule has 0 saturated heterocycles. The predicted octanol–water partition coefficient (Wildman–Crippen LogP) is 3.87. The molecule has 1 aliphatic carbocycles. The van der Waals surface area contributed by atoms with Gasteiger partial charge >= 0.3 is 0 Å². The van der Waals surface area contributed by atoms with Crippen LogP contribution in [0.15, 0.2) is 17.1 Å². The van der Waals surface area contributed by atoms with Gasteiger partial charge in [-0.1, -0.05) is 37.8 Å². The summed E-state index contributed by atoms with van der Waals surface area (Å²) in [5.74, 6) is 2.28. The lowest BCUT2D eigenvalue weighted by atomic mass is 10.1. The molecule has 14 heavy (non-hydrogen) atoms. The monoisotopic (exact) mass is 247 g/mol. The van der Waals surface area contributed by atoms with Crippen LogP contribution in [0.5, 0.6) is 0 Å². The van der Waals surface area contributed by atoms with Crippen LogP contribution >= 0.6 is 35.3 Å². The molecule has 0 spiro atoms. The molecule has 0 aliphatic heterocycles. The standard InChI is InChI=1S/C10H17NS3/c1-4-12-9(11-3)14-10(13-5-2)7-6-8-10/h6-7H,4-5,8H2,1-3H3/b11-9-. The fraction of sp³-hybridized carbons (Fsp3) is 0.700. The van der Waals surface area contributed by atoms with Gasteiger partial charge in [0, 0.05) is 7.05 Å². The van der Waals surface area contributed by atoms with Crippen molar-refractivity contribution >= 4 is 39.7 Å². The van der Waals surface area contributed by atoms with Gasteiger partial charge in [-0.15, -0.1) is 23.5 Å². The van der Waals surface area contributed by atoms with Gasteiger partial charge in [0.2, 0.25) is 0 Å². The molecular formula is C10H17NS3. The second-order valence-corrected chi connectivity index (χ2v) is 7.56. The van der Waals surface area contributed by atoms with Gasteiger partial charge in [-0.05, 0) is 17.9 Å². The average molecular weight is 247 g/mol. The Morgan fingerprint density at radius 2 is 2.14 bits per heavy atom. The molecule has 0 bridgehead atoms. The van der Waals surface area contributed by atoms with Gasteiger partial charge in [-0.2, -0.15) is 0 Å². The van der Waals surface area contributed by atoms with E-state index in [1.807, 2.05) is 42.3 Å². The maximum absolute atomic E-state index is 4.32. The Labute approximate surface area is 99.6 Å². The third-order valence-corrected chi connectivity index (χ3v) is 5.88. The van der Waals surface area contributed by atoms with Gasteiger partial charge in [0.1, 0.15) is 4.38 Å². The number of aliphatic imine (C=N–C) groups is 1. The maximum Gasteiger partial charge on any atom is 0.125 e. The molecule has 0 N–H and O–H groups in total. The van der Waals surface area contributed by atoms with Crippen molar-refractivity contribution in [2.45, 2.75) is 24.3 Å². The lowest BCUT2D eigenvalue weighted by Crippen LogP contribution is -2.24. The summed E-state index contributed by atoms with van der Waals surface area (Å²) in [6, 6.07) is 0. The Bertz CT molecular complexity index is 238. The minimum Gasteiger partial charge on any atom is -0.275 e. The molecule has 1 nitrogen and oxygen atoms in total. The first-order valence-corrected chi connectivity index (χ1v) is 7.65. The topological polar surface area (TPSA) is 12.4 Å². The van der Waals surface area contributed by atoms with Crippen LogP contribution in [0, 0.1) is 0 Å². The zero-order valence-corrected chi connectivity index (χ0v) is 11.4. The van der Waals surface area contributed by atoms with E-state index in [2.05, 4.69) is 31.0 Å². The Morgan fingerprint density at radius 1 is 1.43 bits per heavy atom. The molecule has 1 unspecified atom stereocenters. The van der Waals surface area contributed by atoms with Crippen molar-refractivity contribution in [1.82, 2.24) is 0 Å². The number of thioether (sulfide) groups is 3. The SMILES string of the molecule is CCS/C(=N/C)SC1(SCC)C=CC1. The normalized spacial score (nSPS) is 26.4. The fourth-order valence-electron chi connectivity index (χ4n) is 1.18. The van der Waals surface area contributed by atoms with Crippen molar-refractivity contribution < 1.29 is 0 Å². The first kappa shape index (κ1) is 12.5. The van der Waals surface area contributed by atoms with Crippen molar-refractivity contribution in [3.8, 4) is 0 Å². The number of allylic oxidation sites excluding steroid dienone is 1. The molecule has 0 aromatic rings. The van der Waals surface area contributed by atoms with Gasteiger partial charge in [0.05, 0.1) is 4.08 Å². The van der Waals surface area contributed by atoms with Crippen molar-refractivity contribution in [1.29, 1.82) is 0 Å². The summed E-state index contributed by atoms with van der Waals surface area (Å²) >= 11 is 5.78. The van der Waals surface area contributed by atoms with Crippen LogP contribution in [0.1, 0.15) is 20.3 Å². The molecule has 0 heterocycles. The van der Waals surface area contributed by atoms with E-state index in [1.54, 1.807) is 0 Å². The highest BCUT2D eigenvalue weighted by Gasteiger charge is 2.33. The molecule has 0 aromatic heterocycles. The lowest BCUT2D eigenvalue weighted by molar-refractivity contribution is 0.922. The second kappa shape index (κ2) is 6.13. The summed E-state index contributed by atoms with van der Waals surface area (Å²) < 4.78 is 1.52. The van der Waals surface area contributed by atoms with E-state index in [0.717, 1.165) is 5.75 Å². The number of rotatable bonds is 4. The summed E-state index contributed by atoms with van der Waals surface area (Å²) in [6.45, 7) is 4.39. The minimum atomic E-state index is 0.297. The van der Waals surface area contributed by atoms with Crippen LogP contribution in [0.3, 0.4) is 0 Å². The van der Waals surface area contributed by atoms with E-state index in [9.17, 15) is 0 Å². The summed E-state index contributed by atoms with van der Waals surface area (Å²) in [5, 5.41) is 0. The van der Waals surface area contributed by atoms with Gasteiger partial charge < -0.3 is 0 Å². The van der Waals surface area contributed by atoms with Crippen LogP contribution in [0.2, 0.25) is 0 Å². The van der Waals surface area contributed by atoms with Crippen LogP contribution in [0.25, 0.3) is 0 Å². The molecule has 0 fully saturated rings. The number of hydrogen-bond donors (Lipinski definition) is 0. The quantitative estimate of drug-likeness (QED) is 0.324. The van der Waals surface area contributed by atoms with Gasteiger partial charge in [0.25, 0.3) is 0 Å². The molecule has 0 saturated carbocycles. The molecule has 0 amide bonds. The second-order valence-electron chi connectivity index (χ2n) is 2.88. The predicted molar refractivity (Wildman–Crippen MR) is 73.7 cm³/mol. The van der Waals surface area contributed by atoms with Crippen LogP contribution in [-0.2, 0) is 0 Å². The third-order valence-electron chi connectivity index (χ3n) is 1.87. The zero-order chi connectivity index (χ0) is 10.4. The first-order valence-electron chi connectivity index (χ1n) is 4.86. The Kier molecular flexibility index (Phi) is 5.49. The van der Waals surface area contributed by atoms with Crippen molar-refractivity contribution in [2.75, 3.05) is 18.6 Å². The number of hydrogen-bond acceptors (Lipinski definition) is 4. The number of nitrogens with zero attached hydrogens (tertiary/aromatic N) is 1. The summed E-state index contributed by atoms with van der Waals surface area (Å²) in [6.07, 6.45) is 5.74. The Hall–Kier alpha value is 0.460. The highest BCUT2D eigenvalue weighted by Crippen LogP contribution is 2.49. The van der Waals surface area contributed by atoms with Crippen LogP contribution in [0.4, 0.5) is 0 Å². The first-order chi connectivity index (χ1) is 6.76. The van der Waals surface area contributed by atoms with Crippen molar-refractivity contribution in [3.63, 3.8) is 0 Å². The Morgan fingerprint density at radius 3 is 2.50 bits per heavy atom. The zero-order valence-electron chi connectivity index (χ0n) is 8.95. The third kappa shape index (κ3) is 3.24.